The van der Waals surface area contributed by atoms with Gasteiger partial charge in [-0.05, 0) is 52.0 Å². The minimum absolute atomic E-state index is 0.146. The molecule has 8 heteroatoms. The summed E-state index contributed by atoms with van der Waals surface area (Å²) in [6, 6.07) is 10.1. The molecule has 1 aromatic rings. The Labute approximate surface area is 191 Å². The smallest absolute Gasteiger partial charge is 0.317 e. The lowest BCUT2D eigenvalue weighted by Gasteiger charge is -2.39. The molecule has 3 saturated heterocycles. The molecule has 3 aliphatic rings. The van der Waals surface area contributed by atoms with Crippen molar-refractivity contribution in [3.8, 4) is 0 Å². The number of ether oxygens (including phenoxy) is 2. The van der Waals surface area contributed by atoms with Gasteiger partial charge in [0, 0.05) is 44.8 Å². The van der Waals surface area contributed by atoms with Gasteiger partial charge in [-0.3, -0.25) is 14.6 Å². The van der Waals surface area contributed by atoms with Gasteiger partial charge in [0.25, 0.3) is 0 Å². The van der Waals surface area contributed by atoms with Gasteiger partial charge in [-0.15, -0.1) is 0 Å². The molecule has 4 rings (SSSR count). The second-order valence-corrected chi connectivity index (χ2v) is 9.16. The van der Waals surface area contributed by atoms with Crippen molar-refractivity contribution in [2.45, 2.75) is 31.8 Å². The number of aliphatic carboxylic acids is 1. The second kappa shape index (κ2) is 12.1. The van der Waals surface area contributed by atoms with Gasteiger partial charge in [-0.2, -0.15) is 0 Å². The highest BCUT2D eigenvalue weighted by Crippen LogP contribution is 2.31. The first kappa shape index (κ1) is 23.6. The molecule has 178 valence electrons. The zero-order valence-electron chi connectivity index (χ0n) is 19.1. The topological polar surface area (TPSA) is 68.7 Å². The molecule has 1 N–H and O–H groups in total. The highest BCUT2D eigenvalue weighted by atomic mass is 16.9. The Bertz CT molecular complexity index is 700. The van der Waals surface area contributed by atoms with Crippen LogP contribution in [-0.4, -0.2) is 116 Å². The number of carboxylic acid groups (broad SMARTS) is 1. The first-order valence-corrected chi connectivity index (χ1v) is 12.1. The molecule has 0 radical (unpaired) electrons. The molecule has 3 aliphatic heterocycles. The number of carbonyl (C=O) groups is 1. The van der Waals surface area contributed by atoms with Crippen LogP contribution in [-0.2, 0) is 14.3 Å². The van der Waals surface area contributed by atoms with Crippen LogP contribution in [0.15, 0.2) is 30.3 Å². The SMILES string of the molecule is O=C(O)CN1CCCN2CCCN(CCCN(CC3OC(c4ccccc4)O3)CC2)CC1. The van der Waals surface area contributed by atoms with E-state index in [1.807, 2.05) is 30.3 Å². The minimum Gasteiger partial charge on any atom is -0.480 e. The van der Waals surface area contributed by atoms with E-state index in [4.69, 9.17) is 9.47 Å². The van der Waals surface area contributed by atoms with Gasteiger partial charge in [0.05, 0.1) is 6.54 Å². The fourth-order valence-corrected chi connectivity index (χ4v) is 4.90. The standard InChI is InChI=1S/C24H38N4O4/c29-22(30)19-27-13-5-11-26-10-4-9-25(15-17-27)12-6-14-28(18-16-26)20-23-31-24(32-23)21-7-2-1-3-8-21/h1-3,7-8,23-24H,4-6,9-20H2,(H,29,30). The molecular formula is C24H38N4O4. The first-order valence-electron chi connectivity index (χ1n) is 12.1. The zero-order chi connectivity index (χ0) is 22.2. The van der Waals surface area contributed by atoms with Crippen LogP contribution in [0, 0.1) is 0 Å². The molecule has 2 atom stereocenters. The Hall–Kier alpha value is -1.55. The summed E-state index contributed by atoms with van der Waals surface area (Å²) in [6.07, 6.45) is 2.91. The lowest BCUT2D eigenvalue weighted by molar-refractivity contribution is -0.392. The summed E-state index contributed by atoms with van der Waals surface area (Å²) in [5.41, 5.74) is 1.08. The van der Waals surface area contributed by atoms with Crippen LogP contribution in [0.3, 0.4) is 0 Å². The molecule has 1 aromatic carbocycles. The van der Waals surface area contributed by atoms with Crippen molar-refractivity contribution >= 4 is 5.97 Å². The summed E-state index contributed by atoms with van der Waals surface area (Å²) < 4.78 is 12.1. The van der Waals surface area contributed by atoms with Crippen molar-refractivity contribution in [2.24, 2.45) is 0 Å². The summed E-state index contributed by atoms with van der Waals surface area (Å²) in [5.74, 6) is -0.727. The molecule has 32 heavy (non-hydrogen) atoms. The van der Waals surface area contributed by atoms with E-state index < -0.39 is 5.97 Å². The third kappa shape index (κ3) is 7.23. The average Bonchev–Trinajstić information content (AvgIpc) is 2.82. The minimum atomic E-state index is -0.727. The van der Waals surface area contributed by atoms with Crippen molar-refractivity contribution in [2.75, 3.05) is 78.5 Å². The van der Waals surface area contributed by atoms with Gasteiger partial charge in [0.15, 0.2) is 12.6 Å². The normalized spacial score (nSPS) is 31.4. The maximum atomic E-state index is 11.2. The van der Waals surface area contributed by atoms with Crippen LogP contribution in [0.4, 0.5) is 0 Å². The number of fused-ring (bicyclic) bond motifs is 4. The zero-order valence-corrected chi connectivity index (χ0v) is 19.1. The molecule has 0 amide bonds. The number of hydrogen-bond acceptors (Lipinski definition) is 7. The summed E-state index contributed by atoms with van der Waals surface area (Å²) in [7, 11) is 0. The maximum absolute atomic E-state index is 11.2. The van der Waals surface area contributed by atoms with Crippen LogP contribution in [0.5, 0.6) is 0 Å². The molecule has 0 aromatic heterocycles. The van der Waals surface area contributed by atoms with E-state index in [0.29, 0.717) is 0 Å². The van der Waals surface area contributed by atoms with Crippen LogP contribution in [0.25, 0.3) is 0 Å². The Kier molecular flexibility index (Phi) is 8.90. The number of carboxylic acids is 1. The molecule has 3 heterocycles. The van der Waals surface area contributed by atoms with Crippen molar-refractivity contribution < 1.29 is 19.4 Å². The highest BCUT2D eigenvalue weighted by Gasteiger charge is 2.33. The van der Waals surface area contributed by atoms with Crippen molar-refractivity contribution in [3.63, 3.8) is 0 Å². The molecule has 2 unspecified atom stereocenters. The van der Waals surface area contributed by atoms with E-state index >= 15 is 0 Å². The summed E-state index contributed by atoms with van der Waals surface area (Å²) in [5, 5.41) is 9.24. The van der Waals surface area contributed by atoms with Gasteiger partial charge >= 0.3 is 5.97 Å². The van der Waals surface area contributed by atoms with Gasteiger partial charge in [-0.25, -0.2) is 0 Å². The van der Waals surface area contributed by atoms with E-state index in [2.05, 4.69) is 19.6 Å². The quantitative estimate of drug-likeness (QED) is 0.731. The van der Waals surface area contributed by atoms with Gasteiger partial charge in [0.2, 0.25) is 0 Å². The van der Waals surface area contributed by atoms with Crippen LogP contribution in [0.1, 0.15) is 31.1 Å². The first-order chi connectivity index (χ1) is 15.7. The van der Waals surface area contributed by atoms with Crippen LogP contribution < -0.4 is 0 Å². The molecule has 8 nitrogen and oxygen atoms in total. The predicted octanol–water partition coefficient (Wildman–Crippen LogP) is 1.55. The Morgan fingerprint density at radius 1 is 0.781 bits per heavy atom. The average molecular weight is 447 g/mol. The number of benzene rings is 1. The fourth-order valence-electron chi connectivity index (χ4n) is 4.90. The van der Waals surface area contributed by atoms with Gasteiger partial charge < -0.3 is 24.4 Å². The molecular weight excluding hydrogens is 408 g/mol. The van der Waals surface area contributed by atoms with E-state index in [1.165, 1.54) is 6.42 Å². The molecule has 3 fully saturated rings. The third-order valence-electron chi connectivity index (χ3n) is 6.70. The van der Waals surface area contributed by atoms with E-state index in [0.717, 1.165) is 90.4 Å². The van der Waals surface area contributed by atoms with Gasteiger partial charge in [-0.1, -0.05) is 30.3 Å². The van der Waals surface area contributed by atoms with E-state index in [-0.39, 0.29) is 19.1 Å². The van der Waals surface area contributed by atoms with Crippen LogP contribution in [0.2, 0.25) is 0 Å². The van der Waals surface area contributed by atoms with Crippen molar-refractivity contribution in [1.29, 1.82) is 0 Å². The largest absolute Gasteiger partial charge is 0.480 e. The summed E-state index contributed by atoms with van der Waals surface area (Å²) in [6.45, 7) is 10.9. The molecule has 0 spiro atoms. The number of rotatable bonds is 5. The van der Waals surface area contributed by atoms with E-state index in [1.54, 1.807) is 0 Å². The maximum Gasteiger partial charge on any atom is 0.317 e. The fraction of sp³-hybridized carbons (Fsp3) is 0.708. The van der Waals surface area contributed by atoms with Gasteiger partial charge in [0.1, 0.15) is 0 Å². The van der Waals surface area contributed by atoms with Crippen molar-refractivity contribution in [1.82, 2.24) is 19.6 Å². The Balaban J connectivity index is 1.30. The van der Waals surface area contributed by atoms with Crippen LogP contribution >= 0.6 is 0 Å². The number of nitrogens with zero attached hydrogens (tertiary/aromatic N) is 4. The van der Waals surface area contributed by atoms with E-state index in [9.17, 15) is 9.90 Å². The lowest BCUT2D eigenvalue weighted by Crippen LogP contribution is -2.47. The monoisotopic (exact) mass is 446 g/mol. The number of hydrogen-bond donors (Lipinski definition) is 1. The second-order valence-electron chi connectivity index (χ2n) is 9.16. The summed E-state index contributed by atoms with van der Waals surface area (Å²) in [4.78, 5) is 20.9. The molecule has 0 aliphatic carbocycles. The predicted molar refractivity (Wildman–Crippen MR) is 122 cm³/mol. The molecule has 0 saturated carbocycles. The highest BCUT2D eigenvalue weighted by molar-refractivity contribution is 5.69. The Morgan fingerprint density at radius 2 is 1.34 bits per heavy atom. The Morgan fingerprint density at radius 3 is 1.97 bits per heavy atom. The third-order valence-corrected chi connectivity index (χ3v) is 6.70. The van der Waals surface area contributed by atoms with Crippen molar-refractivity contribution in [3.05, 3.63) is 35.9 Å². The summed E-state index contributed by atoms with van der Waals surface area (Å²) >= 11 is 0. The molecule has 2 bridgehead atoms. The lowest BCUT2D eigenvalue weighted by atomic mass is 10.2.